The molecule has 6 nitrogen and oxygen atoms in total. The van der Waals surface area contributed by atoms with Crippen molar-refractivity contribution in [3.63, 3.8) is 0 Å². The molecule has 2 rings (SSSR count). The van der Waals surface area contributed by atoms with Crippen molar-refractivity contribution in [2.75, 3.05) is 0 Å². The van der Waals surface area contributed by atoms with Crippen LogP contribution in [0, 0.1) is 10.1 Å². The smallest absolute Gasteiger partial charge is 0.270 e. The maximum atomic E-state index is 10.8. The summed E-state index contributed by atoms with van der Waals surface area (Å²) in [4.78, 5) is 20.8. The molecule has 0 amide bonds. The number of aldehydes is 1. The van der Waals surface area contributed by atoms with Crippen LogP contribution >= 0.6 is 0 Å². The Hall–Kier alpha value is -2.63. The Morgan fingerprint density at radius 3 is 2.53 bits per heavy atom. The van der Waals surface area contributed by atoms with Gasteiger partial charge in [-0.15, -0.1) is 0 Å². The van der Waals surface area contributed by atoms with E-state index in [-0.39, 0.29) is 11.3 Å². The summed E-state index contributed by atoms with van der Waals surface area (Å²) in [7, 11) is 0. The van der Waals surface area contributed by atoms with Crippen molar-refractivity contribution in [1.29, 1.82) is 0 Å². The van der Waals surface area contributed by atoms with Crippen molar-refractivity contribution in [3.05, 3.63) is 39.9 Å². The quantitative estimate of drug-likeness (QED) is 0.357. The Labute approximate surface area is 94.9 Å². The van der Waals surface area contributed by atoms with E-state index in [1.807, 2.05) is 0 Å². The predicted molar refractivity (Wildman–Crippen MR) is 59.3 cm³/mol. The van der Waals surface area contributed by atoms with Crippen LogP contribution < -0.4 is 0 Å². The van der Waals surface area contributed by atoms with Crippen LogP contribution in [0.4, 0.5) is 5.69 Å². The summed E-state index contributed by atoms with van der Waals surface area (Å²) in [6, 6.07) is 4.98. The molecule has 0 spiro atoms. The molecule has 0 saturated carbocycles. The number of nitro groups is 1. The fourth-order valence-electron chi connectivity index (χ4n) is 1.63. The van der Waals surface area contributed by atoms with E-state index in [2.05, 4.69) is 0 Å². The molecule has 0 aromatic heterocycles. The number of phenols is 2. The SMILES string of the molecule is O=Cc1c(O)c(O)cc2cc([N+](=O)[O-])ccc12. The van der Waals surface area contributed by atoms with Gasteiger partial charge in [-0.3, -0.25) is 14.9 Å². The van der Waals surface area contributed by atoms with Gasteiger partial charge in [0.25, 0.3) is 5.69 Å². The third kappa shape index (κ3) is 1.65. The van der Waals surface area contributed by atoms with E-state index < -0.39 is 16.4 Å². The molecule has 0 atom stereocenters. The molecule has 0 radical (unpaired) electrons. The average Bonchev–Trinajstić information content (AvgIpc) is 2.30. The highest BCUT2D eigenvalue weighted by Crippen LogP contribution is 2.35. The maximum absolute atomic E-state index is 10.8. The molecular formula is C11H7NO5. The second-order valence-corrected chi connectivity index (χ2v) is 3.44. The first-order valence-electron chi connectivity index (χ1n) is 4.63. The molecule has 2 aromatic rings. The van der Waals surface area contributed by atoms with Gasteiger partial charge in [-0.05, 0) is 22.9 Å². The van der Waals surface area contributed by atoms with E-state index in [0.29, 0.717) is 17.1 Å². The first kappa shape index (κ1) is 10.9. The number of phenolic OH excluding ortho intramolecular Hbond substituents is 2. The third-order valence-corrected chi connectivity index (χ3v) is 2.44. The van der Waals surface area contributed by atoms with Gasteiger partial charge in [0, 0.05) is 12.1 Å². The number of nitro benzene ring substituents is 1. The molecule has 6 heteroatoms. The van der Waals surface area contributed by atoms with E-state index in [1.165, 1.54) is 24.3 Å². The van der Waals surface area contributed by atoms with Crippen molar-refractivity contribution in [1.82, 2.24) is 0 Å². The van der Waals surface area contributed by atoms with Gasteiger partial charge in [0.2, 0.25) is 0 Å². The van der Waals surface area contributed by atoms with Crippen LogP contribution in [0.25, 0.3) is 10.8 Å². The number of benzene rings is 2. The lowest BCUT2D eigenvalue weighted by atomic mass is 10.0. The summed E-state index contributed by atoms with van der Waals surface area (Å²) in [5.74, 6) is -1.01. The predicted octanol–water partition coefficient (Wildman–Crippen LogP) is 1.97. The van der Waals surface area contributed by atoms with Gasteiger partial charge in [-0.1, -0.05) is 0 Å². The highest BCUT2D eigenvalue weighted by Gasteiger charge is 2.14. The summed E-state index contributed by atoms with van der Waals surface area (Å²) < 4.78 is 0. The number of hydrogen-bond acceptors (Lipinski definition) is 5. The van der Waals surface area contributed by atoms with Gasteiger partial charge in [-0.2, -0.15) is 0 Å². The standard InChI is InChI=1S/C11H7NO5/c13-5-9-8-2-1-7(12(16)17)3-6(8)4-10(14)11(9)15/h1-5,14-15H. The molecule has 17 heavy (non-hydrogen) atoms. The van der Waals surface area contributed by atoms with Crippen LogP contribution in [-0.2, 0) is 0 Å². The van der Waals surface area contributed by atoms with E-state index in [9.17, 15) is 25.1 Å². The lowest BCUT2D eigenvalue weighted by Gasteiger charge is -2.05. The first-order valence-corrected chi connectivity index (χ1v) is 4.63. The number of nitrogens with zero attached hydrogens (tertiary/aromatic N) is 1. The number of carbonyl (C=O) groups excluding carboxylic acids is 1. The highest BCUT2D eigenvalue weighted by atomic mass is 16.6. The Kier molecular flexibility index (Phi) is 2.40. The van der Waals surface area contributed by atoms with Crippen molar-refractivity contribution in [2.24, 2.45) is 0 Å². The fourth-order valence-corrected chi connectivity index (χ4v) is 1.63. The molecule has 0 aliphatic rings. The topological polar surface area (TPSA) is 101 Å². The number of aromatic hydroxyl groups is 2. The van der Waals surface area contributed by atoms with Crippen molar-refractivity contribution in [3.8, 4) is 11.5 Å². The largest absolute Gasteiger partial charge is 0.504 e. The van der Waals surface area contributed by atoms with Crippen molar-refractivity contribution in [2.45, 2.75) is 0 Å². The molecule has 0 aliphatic carbocycles. The van der Waals surface area contributed by atoms with E-state index in [0.717, 1.165) is 0 Å². The zero-order valence-corrected chi connectivity index (χ0v) is 8.45. The summed E-state index contributed by atoms with van der Waals surface area (Å²) in [5.41, 5.74) is -0.241. The lowest BCUT2D eigenvalue weighted by molar-refractivity contribution is -0.384. The fraction of sp³-hybridized carbons (Fsp3) is 0. The number of carbonyl (C=O) groups is 1. The minimum atomic E-state index is -0.579. The average molecular weight is 233 g/mol. The number of fused-ring (bicyclic) bond motifs is 1. The minimum Gasteiger partial charge on any atom is -0.504 e. The molecule has 2 aromatic carbocycles. The minimum absolute atomic E-state index is 0.0881. The first-order chi connectivity index (χ1) is 8.04. The van der Waals surface area contributed by atoms with Crippen LogP contribution in [-0.4, -0.2) is 21.4 Å². The monoisotopic (exact) mass is 233 g/mol. The molecule has 0 saturated heterocycles. The van der Waals surface area contributed by atoms with Crippen LogP contribution in [0.2, 0.25) is 0 Å². The number of rotatable bonds is 2. The maximum Gasteiger partial charge on any atom is 0.270 e. The summed E-state index contributed by atoms with van der Waals surface area (Å²) >= 11 is 0. The van der Waals surface area contributed by atoms with Crippen LogP contribution in [0.3, 0.4) is 0 Å². The van der Waals surface area contributed by atoms with Gasteiger partial charge in [0.1, 0.15) is 0 Å². The van der Waals surface area contributed by atoms with Gasteiger partial charge < -0.3 is 10.2 Å². The van der Waals surface area contributed by atoms with Crippen LogP contribution in [0.15, 0.2) is 24.3 Å². The number of non-ortho nitro benzene ring substituents is 1. The number of hydrogen-bond donors (Lipinski definition) is 2. The Morgan fingerprint density at radius 1 is 1.24 bits per heavy atom. The molecule has 86 valence electrons. The summed E-state index contributed by atoms with van der Waals surface area (Å²) in [6.07, 6.45) is 0.392. The normalized spacial score (nSPS) is 10.4. The Balaban J connectivity index is 2.85. The summed E-state index contributed by atoms with van der Waals surface area (Å²) in [5, 5.41) is 30.1. The van der Waals surface area contributed by atoms with E-state index in [4.69, 9.17) is 0 Å². The van der Waals surface area contributed by atoms with Crippen LogP contribution in [0.5, 0.6) is 11.5 Å². The van der Waals surface area contributed by atoms with Gasteiger partial charge in [-0.25, -0.2) is 0 Å². The molecule has 0 heterocycles. The molecule has 0 bridgehead atoms. The van der Waals surface area contributed by atoms with E-state index >= 15 is 0 Å². The van der Waals surface area contributed by atoms with Gasteiger partial charge in [0.15, 0.2) is 17.8 Å². The lowest BCUT2D eigenvalue weighted by Crippen LogP contribution is -1.90. The molecule has 0 aliphatic heterocycles. The highest BCUT2D eigenvalue weighted by molar-refractivity contribution is 6.02. The van der Waals surface area contributed by atoms with Crippen LogP contribution in [0.1, 0.15) is 10.4 Å². The molecule has 2 N–H and O–H groups in total. The van der Waals surface area contributed by atoms with Gasteiger partial charge >= 0.3 is 0 Å². The zero-order valence-electron chi connectivity index (χ0n) is 8.45. The van der Waals surface area contributed by atoms with E-state index in [1.54, 1.807) is 0 Å². The zero-order chi connectivity index (χ0) is 12.6. The second kappa shape index (κ2) is 3.75. The molecule has 0 fully saturated rings. The Morgan fingerprint density at radius 2 is 1.94 bits per heavy atom. The third-order valence-electron chi connectivity index (χ3n) is 2.44. The second-order valence-electron chi connectivity index (χ2n) is 3.44. The van der Waals surface area contributed by atoms with Crippen molar-refractivity contribution >= 4 is 22.7 Å². The van der Waals surface area contributed by atoms with Gasteiger partial charge in [0.05, 0.1) is 10.5 Å². The Bertz CT molecular complexity index is 635. The molecular weight excluding hydrogens is 226 g/mol. The molecule has 0 unspecified atom stereocenters. The van der Waals surface area contributed by atoms with Crippen molar-refractivity contribution < 1.29 is 19.9 Å². The summed E-state index contributed by atoms with van der Waals surface area (Å²) in [6.45, 7) is 0.